The van der Waals surface area contributed by atoms with Gasteiger partial charge in [-0.05, 0) is 31.5 Å². The van der Waals surface area contributed by atoms with Crippen molar-refractivity contribution in [3.63, 3.8) is 0 Å². The molecule has 3 nitrogen and oxygen atoms in total. The summed E-state index contributed by atoms with van der Waals surface area (Å²) < 4.78 is 0.804. The van der Waals surface area contributed by atoms with E-state index in [1.165, 1.54) is 5.57 Å². The molecule has 0 bridgehead atoms. The van der Waals surface area contributed by atoms with Gasteiger partial charge in [-0.2, -0.15) is 0 Å². The van der Waals surface area contributed by atoms with Crippen LogP contribution in [0.15, 0.2) is 34.3 Å². The molecule has 2 rings (SSSR count). The quantitative estimate of drug-likeness (QED) is 0.851. The Morgan fingerprint density at radius 1 is 1.41 bits per heavy atom. The maximum absolute atomic E-state index is 11.0. The molecule has 0 saturated carbocycles. The fourth-order valence-electron chi connectivity index (χ4n) is 1.89. The summed E-state index contributed by atoms with van der Waals surface area (Å²) >= 11 is 3.35. The third-order valence-electron chi connectivity index (χ3n) is 2.93. The predicted octanol–water partition coefficient (Wildman–Crippen LogP) is 3.30. The normalized spacial score (nSPS) is 15.6. The lowest BCUT2D eigenvalue weighted by Crippen LogP contribution is -2.28. The summed E-state index contributed by atoms with van der Waals surface area (Å²) in [5, 5.41) is 9.02. The van der Waals surface area contributed by atoms with Gasteiger partial charge in [0, 0.05) is 23.2 Å². The molecule has 0 aromatic heterocycles. The van der Waals surface area contributed by atoms with Crippen molar-refractivity contribution < 1.29 is 9.90 Å². The number of rotatable bonds is 2. The fourth-order valence-corrected chi connectivity index (χ4v) is 2.37. The Balaban J connectivity index is 2.29. The molecule has 0 atom stereocenters. The van der Waals surface area contributed by atoms with E-state index in [4.69, 9.17) is 5.11 Å². The van der Waals surface area contributed by atoms with Gasteiger partial charge in [-0.3, -0.25) is 0 Å². The lowest BCUT2D eigenvalue weighted by Gasteiger charge is -2.28. The number of hydrogen-bond donors (Lipinski definition) is 1. The summed E-state index contributed by atoms with van der Waals surface area (Å²) in [6.07, 6.45) is 3.22. The van der Waals surface area contributed by atoms with Gasteiger partial charge in [0.05, 0.1) is 5.56 Å². The fraction of sp³-hybridized carbons (Fsp3) is 0.308. The number of nitrogens with zero attached hydrogens (tertiary/aromatic N) is 1. The van der Waals surface area contributed by atoms with Crippen LogP contribution in [0, 0.1) is 0 Å². The number of carboxylic acids is 1. The Labute approximate surface area is 109 Å². The minimum absolute atomic E-state index is 0.320. The van der Waals surface area contributed by atoms with Crippen molar-refractivity contribution in [1.29, 1.82) is 0 Å². The van der Waals surface area contributed by atoms with Crippen LogP contribution < -0.4 is 4.90 Å². The highest BCUT2D eigenvalue weighted by molar-refractivity contribution is 9.10. The first-order chi connectivity index (χ1) is 8.06. The average molecular weight is 296 g/mol. The van der Waals surface area contributed by atoms with Crippen molar-refractivity contribution in [2.75, 3.05) is 18.0 Å². The third kappa shape index (κ3) is 2.88. The number of hydrogen-bond acceptors (Lipinski definition) is 2. The SMILES string of the molecule is CC1=CCN(c2cc(Br)cc(C(=O)O)c2)CC1. The number of carboxylic acid groups (broad SMARTS) is 1. The van der Waals surface area contributed by atoms with Crippen LogP contribution in [0.4, 0.5) is 5.69 Å². The molecule has 4 heteroatoms. The molecule has 0 spiro atoms. The van der Waals surface area contributed by atoms with Crippen LogP contribution in [0.5, 0.6) is 0 Å². The van der Waals surface area contributed by atoms with Crippen LogP contribution in [0.1, 0.15) is 23.7 Å². The van der Waals surface area contributed by atoms with E-state index < -0.39 is 5.97 Å². The van der Waals surface area contributed by atoms with E-state index in [0.29, 0.717) is 5.56 Å². The summed E-state index contributed by atoms with van der Waals surface area (Å²) in [7, 11) is 0. The van der Waals surface area contributed by atoms with Gasteiger partial charge in [0.2, 0.25) is 0 Å². The Morgan fingerprint density at radius 3 is 2.76 bits per heavy atom. The lowest BCUT2D eigenvalue weighted by molar-refractivity contribution is 0.0697. The second kappa shape index (κ2) is 4.92. The average Bonchev–Trinajstić information content (AvgIpc) is 2.29. The molecule has 17 heavy (non-hydrogen) atoms. The summed E-state index contributed by atoms with van der Waals surface area (Å²) in [6, 6.07) is 5.30. The minimum atomic E-state index is -0.892. The van der Waals surface area contributed by atoms with E-state index in [0.717, 1.165) is 29.7 Å². The molecular weight excluding hydrogens is 282 g/mol. The molecule has 1 aromatic rings. The summed E-state index contributed by atoms with van der Waals surface area (Å²) in [5.41, 5.74) is 2.68. The summed E-state index contributed by atoms with van der Waals surface area (Å²) in [5.74, 6) is -0.892. The van der Waals surface area contributed by atoms with Crippen LogP contribution in [0.3, 0.4) is 0 Å². The number of benzene rings is 1. The maximum Gasteiger partial charge on any atom is 0.335 e. The van der Waals surface area contributed by atoms with Gasteiger partial charge in [-0.25, -0.2) is 4.79 Å². The Kier molecular flexibility index (Phi) is 3.52. The number of halogens is 1. The van der Waals surface area contributed by atoms with Crippen molar-refractivity contribution in [3.8, 4) is 0 Å². The van der Waals surface area contributed by atoms with Crippen LogP contribution in [-0.2, 0) is 0 Å². The Morgan fingerprint density at radius 2 is 2.18 bits per heavy atom. The third-order valence-corrected chi connectivity index (χ3v) is 3.39. The molecule has 0 radical (unpaired) electrons. The van der Waals surface area contributed by atoms with E-state index in [9.17, 15) is 4.79 Å². The molecule has 0 fully saturated rings. The zero-order chi connectivity index (χ0) is 12.4. The van der Waals surface area contributed by atoms with E-state index in [1.807, 2.05) is 6.07 Å². The zero-order valence-corrected chi connectivity index (χ0v) is 11.2. The monoisotopic (exact) mass is 295 g/mol. The smallest absolute Gasteiger partial charge is 0.335 e. The second-order valence-corrected chi connectivity index (χ2v) is 5.17. The zero-order valence-electron chi connectivity index (χ0n) is 9.61. The highest BCUT2D eigenvalue weighted by Crippen LogP contribution is 2.25. The molecule has 90 valence electrons. The van der Waals surface area contributed by atoms with Crippen LogP contribution in [-0.4, -0.2) is 24.2 Å². The summed E-state index contributed by atoms with van der Waals surface area (Å²) in [6.45, 7) is 3.92. The van der Waals surface area contributed by atoms with Crippen LogP contribution in [0.25, 0.3) is 0 Å². The molecule has 1 N–H and O–H groups in total. The van der Waals surface area contributed by atoms with Gasteiger partial charge in [-0.15, -0.1) is 0 Å². The molecule has 1 aliphatic rings. The molecule has 0 aliphatic carbocycles. The number of aromatic carboxylic acids is 1. The highest BCUT2D eigenvalue weighted by atomic mass is 79.9. The van der Waals surface area contributed by atoms with E-state index in [2.05, 4.69) is 33.8 Å². The van der Waals surface area contributed by atoms with Crippen molar-refractivity contribution in [1.82, 2.24) is 0 Å². The van der Waals surface area contributed by atoms with E-state index in [1.54, 1.807) is 12.1 Å². The standard InChI is InChI=1S/C13H14BrNO2/c1-9-2-4-15(5-3-9)12-7-10(13(16)17)6-11(14)8-12/h2,6-8H,3-5H2,1H3,(H,16,17). The van der Waals surface area contributed by atoms with Crippen molar-refractivity contribution >= 4 is 27.6 Å². The molecule has 0 unspecified atom stereocenters. The van der Waals surface area contributed by atoms with E-state index >= 15 is 0 Å². The lowest BCUT2D eigenvalue weighted by atomic mass is 10.1. The van der Waals surface area contributed by atoms with Crippen LogP contribution >= 0.6 is 15.9 Å². The van der Waals surface area contributed by atoms with E-state index in [-0.39, 0.29) is 0 Å². The first-order valence-corrected chi connectivity index (χ1v) is 6.30. The molecule has 1 aromatic carbocycles. The predicted molar refractivity (Wildman–Crippen MR) is 71.7 cm³/mol. The van der Waals surface area contributed by atoms with Gasteiger partial charge in [0.15, 0.2) is 0 Å². The van der Waals surface area contributed by atoms with Gasteiger partial charge in [0.25, 0.3) is 0 Å². The molecule has 0 amide bonds. The minimum Gasteiger partial charge on any atom is -0.478 e. The van der Waals surface area contributed by atoms with Gasteiger partial charge >= 0.3 is 5.97 Å². The van der Waals surface area contributed by atoms with Gasteiger partial charge in [-0.1, -0.05) is 27.6 Å². The molecule has 1 heterocycles. The van der Waals surface area contributed by atoms with Crippen molar-refractivity contribution in [2.24, 2.45) is 0 Å². The molecule has 1 aliphatic heterocycles. The first-order valence-electron chi connectivity index (χ1n) is 5.51. The highest BCUT2D eigenvalue weighted by Gasteiger charge is 2.13. The largest absolute Gasteiger partial charge is 0.478 e. The first kappa shape index (κ1) is 12.2. The maximum atomic E-state index is 11.0. The molecular formula is C13H14BrNO2. The van der Waals surface area contributed by atoms with Crippen molar-refractivity contribution in [2.45, 2.75) is 13.3 Å². The molecule has 0 saturated heterocycles. The number of anilines is 1. The Bertz CT molecular complexity index is 482. The summed E-state index contributed by atoms with van der Waals surface area (Å²) in [4.78, 5) is 13.2. The van der Waals surface area contributed by atoms with Crippen LogP contribution in [0.2, 0.25) is 0 Å². The topological polar surface area (TPSA) is 40.5 Å². The van der Waals surface area contributed by atoms with Gasteiger partial charge < -0.3 is 10.0 Å². The second-order valence-electron chi connectivity index (χ2n) is 4.25. The Hall–Kier alpha value is -1.29. The van der Waals surface area contributed by atoms with Gasteiger partial charge in [0.1, 0.15) is 0 Å². The van der Waals surface area contributed by atoms with Crippen molar-refractivity contribution in [3.05, 3.63) is 39.9 Å². The number of carbonyl (C=O) groups is 1.